The van der Waals surface area contributed by atoms with Crippen molar-refractivity contribution in [2.24, 2.45) is 0 Å². The predicted octanol–water partition coefficient (Wildman–Crippen LogP) is 1.51. The van der Waals surface area contributed by atoms with Crippen molar-refractivity contribution in [2.75, 3.05) is 6.61 Å². The summed E-state index contributed by atoms with van der Waals surface area (Å²) in [5, 5.41) is 8.30. The fraction of sp³-hybridized carbons (Fsp3) is 0.125. The van der Waals surface area contributed by atoms with E-state index in [9.17, 15) is 13.2 Å². The first-order valence-electron chi connectivity index (χ1n) is 4.13. The van der Waals surface area contributed by atoms with Crippen molar-refractivity contribution in [3.63, 3.8) is 0 Å². The highest BCUT2D eigenvalue weighted by molar-refractivity contribution is 9.11. The van der Waals surface area contributed by atoms with E-state index >= 15 is 0 Å². The Morgan fingerprint density at radius 2 is 2.06 bits per heavy atom. The smallest absolute Gasteiger partial charge is 0.331 e. The molecule has 0 spiro atoms. The highest BCUT2D eigenvalue weighted by Crippen LogP contribution is 2.25. The summed E-state index contributed by atoms with van der Waals surface area (Å²) in [6.07, 6.45) is 0. The van der Waals surface area contributed by atoms with Gasteiger partial charge in [0.15, 0.2) is 6.61 Å². The van der Waals surface area contributed by atoms with E-state index in [1.807, 2.05) is 0 Å². The van der Waals surface area contributed by atoms with Gasteiger partial charge in [0.05, 0.1) is 4.90 Å². The number of sulfonamides is 1. The van der Waals surface area contributed by atoms with Crippen molar-refractivity contribution in [1.82, 2.24) is 4.89 Å². The van der Waals surface area contributed by atoms with E-state index in [2.05, 4.69) is 36.7 Å². The Morgan fingerprint density at radius 3 is 2.59 bits per heavy atom. The molecule has 1 rings (SSSR count). The summed E-state index contributed by atoms with van der Waals surface area (Å²) in [4.78, 5) is 16.2. The third kappa shape index (κ3) is 4.36. The number of hydrogen-bond donors (Lipinski definition) is 2. The van der Waals surface area contributed by atoms with Crippen molar-refractivity contribution < 1.29 is 23.2 Å². The van der Waals surface area contributed by atoms with E-state index in [1.165, 1.54) is 12.1 Å². The van der Waals surface area contributed by atoms with Gasteiger partial charge < -0.3 is 5.11 Å². The van der Waals surface area contributed by atoms with Gasteiger partial charge in [-0.3, -0.25) is 4.84 Å². The van der Waals surface area contributed by atoms with Gasteiger partial charge >= 0.3 is 5.97 Å². The van der Waals surface area contributed by atoms with Gasteiger partial charge in [0.2, 0.25) is 0 Å². The maximum atomic E-state index is 11.7. The number of hydrogen-bond acceptors (Lipinski definition) is 4. The van der Waals surface area contributed by atoms with E-state index in [0.717, 1.165) is 0 Å². The zero-order valence-corrected chi connectivity index (χ0v) is 12.2. The number of carboxylic acid groups (broad SMARTS) is 1. The Kier molecular flexibility index (Phi) is 5.07. The fourth-order valence-corrected chi connectivity index (χ4v) is 3.46. The molecule has 0 radical (unpaired) electrons. The standard InChI is InChI=1S/C8H7Br2NO5S/c9-5-1-2-7(6(10)3-5)17(14,15)11-16-4-8(12)13/h1-3,11H,4H2,(H,12,13). The summed E-state index contributed by atoms with van der Waals surface area (Å²) in [7, 11) is -3.91. The molecule has 0 aliphatic rings. The molecular formula is C8H7Br2NO5S. The Hall–Kier alpha value is -0.480. The SMILES string of the molecule is O=C(O)CONS(=O)(=O)c1ccc(Br)cc1Br. The van der Waals surface area contributed by atoms with Gasteiger partial charge in [-0.1, -0.05) is 20.8 Å². The van der Waals surface area contributed by atoms with Gasteiger partial charge in [0.25, 0.3) is 10.0 Å². The second-order valence-electron chi connectivity index (χ2n) is 2.84. The number of nitrogens with one attached hydrogen (secondary N) is 1. The first-order chi connectivity index (χ1) is 7.83. The molecule has 0 atom stereocenters. The Bertz CT molecular complexity index is 531. The summed E-state index contributed by atoms with van der Waals surface area (Å²) in [5.41, 5.74) is 0. The number of benzene rings is 1. The van der Waals surface area contributed by atoms with Crippen LogP contribution in [0.3, 0.4) is 0 Å². The predicted molar refractivity (Wildman–Crippen MR) is 65.8 cm³/mol. The van der Waals surface area contributed by atoms with Crippen LogP contribution in [0.2, 0.25) is 0 Å². The van der Waals surface area contributed by atoms with Crippen LogP contribution in [0.1, 0.15) is 0 Å². The Balaban J connectivity index is 2.86. The number of halogens is 2. The van der Waals surface area contributed by atoms with Gasteiger partial charge in [0, 0.05) is 8.95 Å². The van der Waals surface area contributed by atoms with Gasteiger partial charge in [-0.25, -0.2) is 13.2 Å². The maximum absolute atomic E-state index is 11.7. The van der Waals surface area contributed by atoms with Crippen LogP contribution in [0.15, 0.2) is 32.0 Å². The largest absolute Gasteiger partial charge is 0.479 e. The lowest BCUT2D eigenvalue weighted by molar-refractivity contribution is -0.143. The first-order valence-corrected chi connectivity index (χ1v) is 7.20. The zero-order valence-electron chi connectivity index (χ0n) is 8.18. The molecule has 1 aromatic carbocycles. The Labute approximate surface area is 114 Å². The molecule has 0 aliphatic carbocycles. The molecule has 6 nitrogen and oxygen atoms in total. The average molecular weight is 389 g/mol. The molecule has 9 heteroatoms. The van der Waals surface area contributed by atoms with E-state index in [1.54, 1.807) is 11.0 Å². The molecule has 0 aromatic heterocycles. The van der Waals surface area contributed by atoms with Crippen LogP contribution in [-0.2, 0) is 19.7 Å². The minimum Gasteiger partial charge on any atom is -0.479 e. The summed E-state index contributed by atoms with van der Waals surface area (Å²) >= 11 is 6.26. The van der Waals surface area contributed by atoms with Crippen LogP contribution in [0.25, 0.3) is 0 Å². The molecular weight excluding hydrogens is 382 g/mol. The minimum absolute atomic E-state index is 0.0499. The van der Waals surface area contributed by atoms with Gasteiger partial charge in [0.1, 0.15) is 0 Å². The quantitative estimate of drug-likeness (QED) is 0.745. The molecule has 0 bridgehead atoms. The van der Waals surface area contributed by atoms with Crippen molar-refractivity contribution in [2.45, 2.75) is 4.90 Å². The molecule has 0 saturated carbocycles. The van der Waals surface area contributed by atoms with E-state index in [0.29, 0.717) is 8.95 Å². The minimum atomic E-state index is -3.91. The molecule has 0 heterocycles. The van der Waals surface area contributed by atoms with Gasteiger partial charge in [-0.15, -0.1) is 0 Å². The van der Waals surface area contributed by atoms with E-state index in [-0.39, 0.29) is 4.90 Å². The molecule has 2 N–H and O–H groups in total. The third-order valence-corrected chi connectivity index (χ3v) is 4.23. The number of carbonyl (C=O) groups is 1. The van der Waals surface area contributed by atoms with E-state index in [4.69, 9.17) is 5.11 Å². The van der Waals surface area contributed by atoms with Crippen molar-refractivity contribution in [3.8, 4) is 0 Å². The van der Waals surface area contributed by atoms with Crippen LogP contribution in [0.4, 0.5) is 0 Å². The maximum Gasteiger partial charge on any atom is 0.331 e. The lowest BCUT2D eigenvalue weighted by atomic mass is 10.4. The summed E-state index contributed by atoms with van der Waals surface area (Å²) < 4.78 is 24.4. The van der Waals surface area contributed by atoms with Gasteiger partial charge in [-0.05, 0) is 34.1 Å². The lowest BCUT2D eigenvalue weighted by Gasteiger charge is -2.07. The van der Waals surface area contributed by atoms with Crippen LogP contribution in [0.5, 0.6) is 0 Å². The van der Waals surface area contributed by atoms with Crippen molar-refractivity contribution in [1.29, 1.82) is 0 Å². The van der Waals surface area contributed by atoms with Crippen molar-refractivity contribution >= 4 is 47.9 Å². The van der Waals surface area contributed by atoms with Crippen LogP contribution >= 0.6 is 31.9 Å². The first kappa shape index (κ1) is 14.6. The summed E-state index contributed by atoms with van der Waals surface area (Å²) in [6.45, 7) is -0.757. The fourth-order valence-electron chi connectivity index (χ4n) is 0.907. The molecule has 94 valence electrons. The Morgan fingerprint density at radius 1 is 1.41 bits per heavy atom. The normalized spacial score (nSPS) is 11.4. The second kappa shape index (κ2) is 5.91. The number of carboxylic acids is 1. The topological polar surface area (TPSA) is 92.7 Å². The van der Waals surface area contributed by atoms with Crippen LogP contribution in [0, 0.1) is 0 Å². The molecule has 0 amide bonds. The molecule has 0 unspecified atom stereocenters. The van der Waals surface area contributed by atoms with Crippen LogP contribution < -0.4 is 4.89 Å². The molecule has 0 saturated heterocycles. The molecule has 0 fully saturated rings. The molecule has 17 heavy (non-hydrogen) atoms. The van der Waals surface area contributed by atoms with Crippen molar-refractivity contribution in [3.05, 3.63) is 27.1 Å². The summed E-state index contributed by atoms with van der Waals surface area (Å²) in [5.74, 6) is -1.28. The average Bonchev–Trinajstić information content (AvgIpc) is 2.15. The molecule has 1 aromatic rings. The second-order valence-corrected chi connectivity index (χ2v) is 6.23. The molecule has 0 aliphatic heterocycles. The monoisotopic (exact) mass is 387 g/mol. The van der Waals surface area contributed by atoms with Crippen LogP contribution in [-0.4, -0.2) is 26.1 Å². The lowest BCUT2D eigenvalue weighted by Crippen LogP contribution is -2.27. The zero-order chi connectivity index (χ0) is 13.1. The highest BCUT2D eigenvalue weighted by atomic mass is 79.9. The number of rotatable bonds is 5. The number of aliphatic carboxylic acids is 1. The van der Waals surface area contributed by atoms with E-state index < -0.39 is 22.6 Å². The third-order valence-electron chi connectivity index (χ3n) is 1.55. The van der Waals surface area contributed by atoms with Gasteiger partial charge in [-0.2, -0.15) is 0 Å². The summed E-state index contributed by atoms with van der Waals surface area (Å²) in [6, 6.07) is 4.43. The highest BCUT2D eigenvalue weighted by Gasteiger charge is 2.18.